The highest BCUT2D eigenvalue weighted by atomic mass is 79.9. The van der Waals surface area contributed by atoms with Crippen LogP contribution in [0, 0.1) is 6.92 Å². The summed E-state index contributed by atoms with van der Waals surface area (Å²) in [6, 6.07) is 4.40. The summed E-state index contributed by atoms with van der Waals surface area (Å²) < 4.78 is 0.877. The third-order valence-corrected chi connectivity index (χ3v) is 2.77. The van der Waals surface area contributed by atoms with Gasteiger partial charge < -0.3 is 10.8 Å². The SMILES string of the molecule is Cc1c(Br)cccc1[C@@H](N)C(=O)O. The van der Waals surface area contributed by atoms with Crippen molar-refractivity contribution in [1.82, 2.24) is 0 Å². The predicted molar refractivity (Wildman–Crippen MR) is 53.4 cm³/mol. The van der Waals surface area contributed by atoms with E-state index in [9.17, 15) is 4.79 Å². The number of hydrogen-bond donors (Lipinski definition) is 2. The predicted octanol–water partition coefficient (Wildman–Crippen LogP) is 1.84. The second-order valence-corrected chi connectivity index (χ2v) is 3.62. The summed E-state index contributed by atoms with van der Waals surface area (Å²) in [5.74, 6) is -1.01. The van der Waals surface area contributed by atoms with E-state index in [2.05, 4.69) is 15.9 Å². The van der Waals surface area contributed by atoms with Crippen LogP contribution in [0.25, 0.3) is 0 Å². The molecular weight excluding hydrogens is 234 g/mol. The molecule has 0 aromatic heterocycles. The molecule has 0 bridgehead atoms. The van der Waals surface area contributed by atoms with Gasteiger partial charge in [-0.2, -0.15) is 0 Å². The molecule has 3 nitrogen and oxygen atoms in total. The second kappa shape index (κ2) is 3.89. The molecule has 0 fully saturated rings. The minimum atomic E-state index is -1.01. The van der Waals surface area contributed by atoms with Crippen LogP contribution in [0.1, 0.15) is 17.2 Å². The Bertz CT molecular complexity index is 338. The van der Waals surface area contributed by atoms with Crippen LogP contribution in [-0.4, -0.2) is 11.1 Å². The standard InChI is InChI=1S/C9H10BrNO2/c1-5-6(8(11)9(12)13)3-2-4-7(5)10/h2-4,8H,11H2,1H3,(H,12,13)/t8-/m1/s1. The van der Waals surface area contributed by atoms with Crippen molar-refractivity contribution in [3.05, 3.63) is 33.8 Å². The maximum Gasteiger partial charge on any atom is 0.325 e. The molecule has 70 valence electrons. The molecule has 0 saturated carbocycles. The number of carboxylic acids is 1. The summed E-state index contributed by atoms with van der Waals surface area (Å²) in [5, 5.41) is 8.71. The van der Waals surface area contributed by atoms with Gasteiger partial charge in [0.1, 0.15) is 6.04 Å². The molecule has 0 radical (unpaired) electrons. The molecule has 1 rings (SSSR count). The first-order chi connectivity index (χ1) is 6.04. The summed E-state index contributed by atoms with van der Waals surface area (Å²) >= 11 is 3.31. The Labute approximate surface area is 84.7 Å². The molecule has 13 heavy (non-hydrogen) atoms. The molecule has 0 amide bonds. The van der Waals surface area contributed by atoms with Gasteiger partial charge in [-0.15, -0.1) is 0 Å². The molecule has 0 aliphatic heterocycles. The van der Waals surface area contributed by atoms with E-state index in [1.165, 1.54) is 0 Å². The maximum atomic E-state index is 10.6. The third kappa shape index (κ3) is 2.08. The van der Waals surface area contributed by atoms with Crippen LogP contribution in [0.4, 0.5) is 0 Å². The summed E-state index contributed by atoms with van der Waals surface area (Å²) in [7, 11) is 0. The van der Waals surface area contributed by atoms with E-state index in [-0.39, 0.29) is 0 Å². The fourth-order valence-electron chi connectivity index (χ4n) is 1.09. The minimum absolute atomic E-state index is 0.641. The number of carbonyl (C=O) groups is 1. The van der Waals surface area contributed by atoms with Crippen molar-refractivity contribution in [1.29, 1.82) is 0 Å². The van der Waals surface area contributed by atoms with E-state index in [0.29, 0.717) is 5.56 Å². The monoisotopic (exact) mass is 243 g/mol. The third-order valence-electron chi connectivity index (χ3n) is 1.91. The van der Waals surface area contributed by atoms with Crippen LogP contribution in [0.15, 0.2) is 22.7 Å². The Morgan fingerprint density at radius 1 is 1.62 bits per heavy atom. The average Bonchev–Trinajstić information content (AvgIpc) is 2.08. The van der Waals surface area contributed by atoms with Crippen molar-refractivity contribution >= 4 is 21.9 Å². The lowest BCUT2D eigenvalue weighted by Crippen LogP contribution is -2.21. The molecule has 0 aliphatic carbocycles. The molecule has 1 aromatic rings. The zero-order chi connectivity index (χ0) is 10.0. The summed E-state index contributed by atoms with van der Waals surface area (Å²) in [6.07, 6.45) is 0. The topological polar surface area (TPSA) is 63.3 Å². The van der Waals surface area contributed by atoms with Crippen molar-refractivity contribution in [2.24, 2.45) is 5.73 Å². The van der Waals surface area contributed by atoms with E-state index >= 15 is 0 Å². The van der Waals surface area contributed by atoms with Gasteiger partial charge in [0.05, 0.1) is 0 Å². The lowest BCUT2D eigenvalue weighted by molar-refractivity contribution is -0.138. The Kier molecular flexibility index (Phi) is 3.06. The first-order valence-corrected chi connectivity index (χ1v) is 4.56. The fraction of sp³-hybridized carbons (Fsp3) is 0.222. The largest absolute Gasteiger partial charge is 0.480 e. The first kappa shape index (κ1) is 10.2. The van der Waals surface area contributed by atoms with E-state index in [1.54, 1.807) is 12.1 Å². The Hall–Kier alpha value is -0.870. The van der Waals surface area contributed by atoms with Crippen molar-refractivity contribution in [2.75, 3.05) is 0 Å². The number of carboxylic acid groups (broad SMARTS) is 1. The molecule has 0 heterocycles. The molecule has 0 spiro atoms. The number of rotatable bonds is 2. The molecular formula is C9H10BrNO2. The Morgan fingerprint density at radius 3 is 2.77 bits per heavy atom. The van der Waals surface area contributed by atoms with Crippen molar-refractivity contribution in [3.8, 4) is 0 Å². The van der Waals surface area contributed by atoms with Gasteiger partial charge in [0.2, 0.25) is 0 Å². The summed E-state index contributed by atoms with van der Waals surface area (Å²) in [4.78, 5) is 10.6. The van der Waals surface area contributed by atoms with Crippen molar-refractivity contribution in [2.45, 2.75) is 13.0 Å². The van der Waals surface area contributed by atoms with Gasteiger partial charge in [-0.25, -0.2) is 0 Å². The molecule has 0 unspecified atom stereocenters. The van der Waals surface area contributed by atoms with Crippen molar-refractivity contribution in [3.63, 3.8) is 0 Å². The van der Waals surface area contributed by atoms with Gasteiger partial charge in [-0.3, -0.25) is 4.79 Å². The van der Waals surface area contributed by atoms with Gasteiger partial charge in [0.25, 0.3) is 0 Å². The normalized spacial score (nSPS) is 12.5. The molecule has 1 atom stereocenters. The molecule has 1 aromatic carbocycles. The second-order valence-electron chi connectivity index (χ2n) is 2.77. The van der Waals surface area contributed by atoms with E-state index in [4.69, 9.17) is 10.8 Å². The van der Waals surface area contributed by atoms with Crippen LogP contribution < -0.4 is 5.73 Å². The zero-order valence-corrected chi connectivity index (χ0v) is 8.71. The van der Waals surface area contributed by atoms with Crippen LogP contribution in [0.5, 0.6) is 0 Å². The first-order valence-electron chi connectivity index (χ1n) is 3.77. The number of nitrogens with two attached hydrogens (primary N) is 1. The molecule has 3 N–H and O–H groups in total. The lowest BCUT2D eigenvalue weighted by Gasteiger charge is -2.10. The smallest absolute Gasteiger partial charge is 0.325 e. The maximum absolute atomic E-state index is 10.6. The van der Waals surface area contributed by atoms with E-state index in [1.807, 2.05) is 13.0 Å². The Morgan fingerprint density at radius 2 is 2.23 bits per heavy atom. The van der Waals surface area contributed by atoms with Gasteiger partial charge in [-0.1, -0.05) is 28.1 Å². The van der Waals surface area contributed by atoms with Crippen LogP contribution in [0.2, 0.25) is 0 Å². The van der Waals surface area contributed by atoms with Gasteiger partial charge >= 0.3 is 5.97 Å². The fourth-order valence-corrected chi connectivity index (χ4v) is 1.48. The number of halogens is 1. The summed E-state index contributed by atoms with van der Waals surface area (Å²) in [5.41, 5.74) is 7.00. The van der Waals surface area contributed by atoms with E-state index < -0.39 is 12.0 Å². The summed E-state index contributed by atoms with van der Waals surface area (Å²) in [6.45, 7) is 1.84. The molecule has 0 aliphatic rings. The molecule has 4 heteroatoms. The van der Waals surface area contributed by atoms with Gasteiger partial charge in [-0.05, 0) is 24.1 Å². The Balaban J connectivity index is 3.15. The van der Waals surface area contributed by atoms with Gasteiger partial charge in [0, 0.05) is 4.47 Å². The van der Waals surface area contributed by atoms with Crippen LogP contribution in [0.3, 0.4) is 0 Å². The number of hydrogen-bond acceptors (Lipinski definition) is 2. The van der Waals surface area contributed by atoms with Crippen LogP contribution in [-0.2, 0) is 4.79 Å². The zero-order valence-electron chi connectivity index (χ0n) is 7.12. The van der Waals surface area contributed by atoms with E-state index in [0.717, 1.165) is 10.0 Å². The number of aliphatic carboxylic acids is 1. The highest BCUT2D eigenvalue weighted by molar-refractivity contribution is 9.10. The van der Waals surface area contributed by atoms with Crippen LogP contribution >= 0.6 is 15.9 Å². The average molecular weight is 244 g/mol. The molecule has 0 saturated heterocycles. The lowest BCUT2D eigenvalue weighted by atomic mass is 10.0. The highest BCUT2D eigenvalue weighted by Crippen LogP contribution is 2.23. The number of benzene rings is 1. The van der Waals surface area contributed by atoms with Gasteiger partial charge in [0.15, 0.2) is 0 Å². The minimum Gasteiger partial charge on any atom is -0.480 e. The quantitative estimate of drug-likeness (QED) is 0.834. The van der Waals surface area contributed by atoms with Crippen molar-refractivity contribution < 1.29 is 9.90 Å². The highest BCUT2D eigenvalue weighted by Gasteiger charge is 2.16.